The quantitative estimate of drug-likeness (QED) is 0.419. The summed E-state index contributed by atoms with van der Waals surface area (Å²) in [6.07, 6.45) is 3.58. The van der Waals surface area contributed by atoms with E-state index in [0.717, 1.165) is 27.0 Å². The Morgan fingerprint density at radius 2 is 1.86 bits per heavy atom. The number of ketones is 1. The Bertz CT molecular complexity index is 1190. The maximum absolute atomic E-state index is 14.6. The SMILES string of the molecule is Cc1cc2nccc(Oc3ccc(CC(=O)Cc4nccs4)c(F)c3)c2cc1C. The summed E-state index contributed by atoms with van der Waals surface area (Å²) in [6, 6.07) is 10.4. The molecule has 4 nitrogen and oxygen atoms in total. The van der Waals surface area contributed by atoms with E-state index in [4.69, 9.17) is 4.74 Å². The summed E-state index contributed by atoms with van der Waals surface area (Å²) in [5.41, 5.74) is 3.47. The Morgan fingerprint density at radius 1 is 1.03 bits per heavy atom. The summed E-state index contributed by atoms with van der Waals surface area (Å²) in [5, 5.41) is 3.44. The first-order chi connectivity index (χ1) is 14.0. The highest BCUT2D eigenvalue weighted by molar-refractivity contribution is 7.09. The zero-order valence-electron chi connectivity index (χ0n) is 16.1. The second kappa shape index (κ2) is 8.09. The molecule has 0 spiro atoms. The summed E-state index contributed by atoms with van der Waals surface area (Å²) in [5.74, 6) is 0.466. The van der Waals surface area contributed by atoms with Crippen molar-refractivity contribution in [2.24, 2.45) is 0 Å². The lowest BCUT2D eigenvalue weighted by Crippen LogP contribution is -2.07. The largest absolute Gasteiger partial charge is 0.456 e. The number of nitrogens with zero attached hydrogens (tertiary/aromatic N) is 2. The molecule has 0 aliphatic rings. The maximum atomic E-state index is 14.6. The fourth-order valence-electron chi connectivity index (χ4n) is 3.11. The number of hydrogen-bond donors (Lipinski definition) is 0. The van der Waals surface area contributed by atoms with Gasteiger partial charge in [-0.05, 0) is 54.8 Å². The van der Waals surface area contributed by atoms with Gasteiger partial charge in [0.2, 0.25) is 0 Å². The molecule has 0 N–H and O–H groups in total. The van der Waals surface area contributed by atoms with Gasteiger partial charge in [0.15, 0.2) is 0 Å². The number of fused-ring (bicyclic) bond motifs is 1. The fourth-order valence-corrected chi connectivity index (χ4v) is 3.76. The fraction of sp³-hybridized carbons (Fsp3) is 0.174. The zero-order valence-corrected chi connectivity index (χ0v) is 16.9. The molecule has 4 aromatic rings. The Labute approximate surface area is 172 Å². The summed E-state index contributed by atoms with van der Waals surface area (Å²) in [7, 11) is 0. The van der Waals surface area contributed by atoms with E-state index in [-0.39, 0.29) is 18.6 Å². The number of benzene rings is 2. The summed E-state index contributed by atoms with van der Waals surface area (Å²) < 4.78 is 20.5. The molecular weight excluding hydrogens is 387 g/mol. The van der Waals surface area contributed by atoms with Crippen molar-refractivity contribution in [1.82, 2.24) is 9.97 Å². The van der Waals surface area contributed by atoms with Crippen LogP contribution in [0.5, 0.6) is 11.5 Å². The molecule has 0 fully saturated rings. The monoisotopic (exact) mass is 406 g/mol. The molecule has 0 saturated heterocycles. The third-order valence-corrected chi connectivity index (χ3v) is 5.57. The number of pyridine rings is 1. The molecule has 0 bridgehead atoms. The first kappa shape index (κ1) is 19.2. The van der Waals surface area contributed by atoms with Crippen molar-refractivity contribution in [2.45, 2.75) is 26.7 Å². The van der Waals surface area contributed by atoms with Crippen LogP contribution in [0.3, 0.4) is 0 Å². The number of halogens is 1. The third-order valence-electron chi connectivity index (χ3n) is 4.79. The molecule has 2 heterocycles. The van der Waals surface area contributed by atoms with Crippen molar-refractivity contribution in [3.8, 4) is 11.5 Å². The number of carbonyl (C=O) groups is 1. The van der Waals surface area contributed by atoms with E-state index >= 15 is 0 Å². The average Bonchev–Trinajstić information content (AvgIpc) is 3.18. The lowest BCUT2D eigenvalue weighted by molar-refractivity contribution is -0.117. The predicted molar refractivity (Wildman–Crippen MR) is 112 cm³/mol. The van der Waals surface area contributed by atoms with Crippen LogP contribution in [-0.2, 0) is 17.6 Å². The van der Waals surface area contributed by atoms with E-state index in [0.29, 0.717) is 17.1 Å². The van der Waals surface area contributed by atoms with Crippen molar-refractivity contribution in [2.75, 3.05) is 0 Å². The van der Waals surface area contributed by atoms with Gasteiger partial charge < -0.3 is 4.74 Å². The number of rotatable bonds is 6. The van der Waals surface area contributed by atoms with E-state index in [1.165, 1.54) is 17.4 Å². The number of thiazole rings is 1. The summed E-state index contributed by atoms with van der Waals surface area (Å²) >= 11 is 1.42. The van der Waals surface area contributed by atoms with E-state index in [1.807, 2.05) is 31.4 Å². The van der Waals surface area contributed by atoms with Gasteiger partial charge in [-0.2, -0.15) is 0 Å². The van der Waals surface area contributed by atoms with Gasteiger partial charge in [-0.25, -0.2) is 9.37 Å². The highest BCUT2D eigenvalue weighted by atomic mass is 32.1. The van der Waals surface area contributed by atoms with Crippen LogP contribution >= 0.6 is 11.3 Å². The van der Waals surface area contributed by atoms with E-state index in [2.05, 4.69) is 9.97 Å². The molecule has 0 radical (unpaired) electrons. The molecule has 0 aliphatic heterocycles. The number of aromatic nitrogens is 2. The molecule has 29 heavy (non-hydrogen) atoms. The van der Waals surface area contributed by atoms with Crippen molar-refractivity contribution in [1.29, 1.82) is 0 Å². The Kier molecular flexibility index (Phi) is 5.36. The van der Waals surface area contributed by atoms with Crippen molar-refractivity contribution in [3.05, 3.63) is 81.7 Å². The second-order valence-electron chi connectivity index (χ2n) is 6.94. The van der Waals surface area contributed by atoms with E-state index in [1.54, 1.807) is 30.6 Å². The standard InChI is InChI=1S/C23H19FN2O2S/c1-14-9-19-21(10-15(14)2)25-6-5-22(19)28-18-4-3-16(20(24)13-18)11-17(27)12-23-26-7-8-29-23/h3-10,13H,11-12H2,1-2H3. The van der Waals surface area contributed by atoms with Crippen molar-refractivity contribution >= 4 is 28.0 Å². The van der Waals surface area contributed by atoms with Gasteiger partial charge in [-0.15, -0.1) is 11.3 Å². The maximum Gasteiger partial charge on any atom is 0.144 e. The van der Waals surface area contributed by atoms with Crippen molar-refractivity contribution < 1.29 is 13.9 Å². The Balaban J connectivity index is 1.53. The molecule has 0 amide bonds. The Morgan fingerprint density at radius 3 is 2.62 bits per heavy atom. The highest BCUT2D eigenvalue weighted by Crippen LogP contribution is 2.31. The van der Waals surface area contributed by atoms with Gasteiger partial charge in [0, 0.05) is 35.6 Å². The lowest BCUT2D eigenvalue weighted by atomic mass is 10.1. The van der Waals surface area contributed by atoms with Gasteiger partial charge in [0.1, 0.15) is 23.1 Å². The molecule has 0 aliphatic carbocycles. The molecule has 4 rings (SSSR count). The summed E-state index contributed by atoms with van der Waals surface area (Å²) in [4.78, 5) is 20.7. The summed E-state index contributed by atoms with van der Waals surface area (Å²) in [6.45, 7) is 4.07. The molecule has 0 unspecified atom stereocenters. The number of ether oxygens (including phenoxy) is 1. The van der Waals surface area contributed by atoms with Gasteiger partial charge in [0.25, 0.3) is 0 Å². The average molecular weight is 406 g/mol. The normalized spacial score (nSPS) is 11.0. The highest BCUT2D eigenvalue weighted by Gasteiger charge is 2.13. The Hall–Kier alpha value is -3.12. The molecule has 2 aromatic carbocycles. The molecule has 6 heteroatoms. The lowest BCUT2D eigenvalue weighted by Gasteiger charge is -2.11. The molecule has 0 saturated carbocycles. The number of carbonyl (C=O) groups excluding carboxylic acids is 1. The van der Waals surface area contributed by atoms with Crippen LogP contribution in [-0.4, -0.2) is 15.8 Å². The predicted octanol–water partition coefficient (Wildman–Crippen LogP) is 5.59. The van der Waals surface area contributed by atoms with Crippen LogP contribution in [0.15, 0.2) is 54.2 Å². The van der Waals surface area contributed by atoms with Gasteiger partial charge >= 0.3 is 0 Å². The number of aryl methyl sites for hydroxylation is 2. The van der Waals surface area contributed by atoms with Crippen molar-refractivity contribution in [3.63, 3.8) is 0 Å². The van der Waals surface area contributed by atoms with Gasteiger partial charge in [-0.1, -0.05) is 6.07 Å². The minimum Gasteiger partial charge on any atom is -0.456 e. The molecule has 146 valence electrons. The minimum atomic E-state index is -0.458. The first-order valence-electron chi connectivity index (χ1n) is 9.22. The van der Waals surface area contributed by atoms with Crippen LogP contribution in [0.4, 0.5) is 4.39 Å². The van der Waals surface area contributed by atoms with Crippen LogP contribution < -0.4 is 4.74 Å². The molecule has 2 aromatic heterocycles. The first-order valence-corrected chi connectivity index (χ1v) is 10.1. The van der Waals surface area contributed by atoms with Crippen LogP contribution in [0.2, 0.25) is 0 Å². The van der Waals surface area contributed by atoms with Gasteiger partial charge in [-0.3, -0.25) is 9.78 Å². The second-order valence-corrected chi connectivity index (χ2v) is 7.92. The topological polar surface area (TPSA) is 52.1 Å². The number of Topliss-reactive ketones (excluding diaryl/α,β-unsaturated/α-hetero) is 1. The van der Waals surface area contributed by atoms with Crippen LogP contribution in [0.1, 0.15) is 21.7 Å². The van der Waals surface area contributed by atoms with E-state index < -0.39 is 5.82 Å². The molecular formula is C23H19FN2O2S. The minimum absolute atomic E-state index is 0.0301. The third kappa shape index (κ3) is 4.32. The molecule has 0 atom stereocenters. The van der Waals surface area contributed by atoms with E-state index in [9.17, 15) is 9.18 Å². The van der Waals surface area contributed by atoms with Gasteiger partial charge in [0.05, 0.1) is 16.9 Å². The van der Waals surface area contributed by atoms with Crippen LogP contribution in [0.25, 0.3) is 10.9 Å². The zero-order chi connectivity index (χ0) is 20.4. The smallest absolute Gasteiger partial charge is 0.144 e. The van der Waals surface area contributed by atoms with Crippen LogP contribution in [0, 0.1) is 19.7 Å². The number of hydrogen-bond acceptors (Lipinski definition) is 5.